The van der Waals surface area contributed by atoms with Gasteiger partial charge in [0, 0.05) is 16.5 Å². The number of esters is 1. The lowest BCUT2D eigenvalue weighted by molar-refractivity contribution is -0.143. The fourth-order valence-corrected chi connectivity index (χ4v) is 3.05. The molecule has 0 bridgehead atoms. The fraction of sp³-hybridized carbons (Fsp3) is 0.211. The smallest absolute Gasteiger partial charge is 0.357 e. The van der Waals surface area contributed by atoms with E-state index in [4.69, 9.17) is 4.74 Å². The van der Waals surface area contributed by atoms with Gasteiger partial charge in [-0.15, -0.1) is 16.4 Å². The summed E-state index contributed by atoms with van der Waals surface area (Å²) < 4.78 is 6.52. The highest BCUT2D eigenvalue weighted by Crippen LogP contribution is 2.22. The third kappa shape index (κ3) is 4.89. The Labute approximate surface area is 165 Å². The minimum absolute atomic E-state index is 0.0449. The minimum atomic E-state index is -0.697. The highest BCUT2D eigenvalue weighted by Gasteiger charge is 2.21. The maximum absolute atomic E-state index is 12.8. The van der Waals surface area contributed by atoms with Gasteiger partial charge >= 0.3 is 5.97 Å². The molecule has 9 heteroatoms. The van der Waals surface area contributed by atoms with Crippen LogP contribution in [0.1, 0.15) is 18.7 Å². The van der Waals surface area contributed by atoms with Crippen molar-refractivity contribution in [2.45, 2.75) is 19.9 Å². The molecule has 0 aliphatic rings. The molecular formula is C19H19N5O3S. The van der Waals surface area contributed by atoms with Crippen LogP contribution in [0.15, 0.2) is 47.8 Å². The van der Waals surface area contributed by atoms with E-state index >= 15 is 0 Å². The number of thiophene rings is 1. The van der Waals surface area contributed by atoms with Crippen molar-refractivity contribution in [3.63, 3.8) is 0 Å². The number of aromatic nitrogens is 4. The molecule has 1 amide bonds. The molecule has 0 spiro atoms. The van der Waals surface area contributed by atoms with Gasteiger partial charge in [0.1, 0.15) is 0 Å². The SMILES string of the molecule is CC(C)NC(=O)COC(=O)/C(=C/c1cccs1)n1nnnc1-c1ccccc1. The van der Waals surface area contributed by atoms with Gasteiger partial charge in [-0.05, 0) is 41.8 Å². The standard InChI is InChI=1S/C19H19N5O3S/c1-13(2)20-17(25)12-27-19(26)16(11-15-9-6-10-28-15)24-18(21-22-23-24)14-7-4-3-5-8-14/h3-11,13H,12H2,1-2H3,(H,20,25)/b16-11-. The molecule has 3 rings (SSSR count). The first-order valence-electron chi connectivity index (χ1n) is 8.60. The number of carbonyl (C=O) groups excluding carboxylic acids is 2. The molecule has 2 heterocycles. The molecule has 0 unspecified atom stereocenters. The summed E-state index contributed by atoms with van der Waals surface area (Å²) in [5.41, 5.74) is 0.860. The minimum Gasteiger partial charge on any atom is -0.451 e. The van der Waals surface area contributed by atoms with Crippen molar-refractivity contribution in [2.75, 3.05) is 6.61 Å². The summed E-state index contributed by atoms with van der Waals surface area (Å²) in [6.07, 6.45) is 1.64. The van der Waals surface area contributed by atoms with Crippen LogP contribution in [0.25, 0.3) is 23.2 Å². The summed E-state index contributed by atoms with van der Waals surface area (Å²) in [6.45, 7) is 3.27. The summed E-state index contributed by atoms with van der Waals surface area (Å²) in [4.78, 5) is 25.4. The molecule has 1 N–H and O–H groups in total. The van der Waals surface area contributed by atoms with Crippen molar-refractivity contribution in [2.24, 2.45) is 0 Å². The van der Waals surface area contributed by atoms with Crippen LogP contribution in [0.5, 0.6) is 0 Å². The van der Waals surface area contributed by atoms with Crippen LogP contribution < -0.4 is 5.32 Å². The Bertz CT molecular complexity index is 965. The second-order valence-electron chi connectivity index (χ2n) is 6.12. The molecule has 0 saturated carbocycles. The highest BCUT2D eigenvalue weighted by atomic mass is 32.1. The second-order valence-corrected chi connectivity index (χ2v) is 7.10. The lowest BCUT2D eigenvalue weighted by Crippen LogP contribution is -2.34. The van der Waals surface area contributed by atoms with Gasteiger partial charge in [-0.25, -0.2) is 4.79 Å². The van der Waals surface area contributed by atoms with E-state index in [1.165, 1.54) is 16.0 Å². The first kappa shape index (κ1) is 19.4. The number of hydrogen-bond acceptors (Lipinski definition) is 7. The highest BCUT2D eigenvalue weighted by molar-refractivity contribution is 7.10. The lowest BCUT2D eigenvalue weighted by atomic mass is 10.2. The number of nitrogens with one attached hydrogen (secondary N) is 1. The predicted octanol–water partition coefficient (Wildman–Crippen LogP) is 2.47. The zero-order valence-electron chi connectivity index (χ0n) is 15.4. The quantitative estimate of drug-likeness (QED) is 0.486. The Morgan fingerprint density at radius 1 is 1.21 bits per heavy atom. The van der Waals surface area contributed by atoms with E-state index in [2.05, 4.69) is 20.8 Å². The van der Waals surface area contributed by atoms with Gasteiger partial charge in [0.2, 0.25) is 0 Å². The summed E-state index contributed by atoms with van der Waals surface area (Å²) in [7, 11) is 0. The van der Waals surface area contributed by atoms with E-state index in [1.807, 2.05) is 61.7 Å². The summed E-state index contributed by atoms with van der Waals surface area (Å²) in [5.74, 6) is -0.678. The average molecular weight is 397 g/mol. The van der Waals surface area contributed by atoms with E-state index < -0.39 is 5.97 Å². The molecule has 0 aliphatic heterocycles. The number of hydrogen-bond donors (Lipinski definition) is 1. The Morgan fingerprint density at radius 3 is 2.68 bits per heavy atom. The summed E-state index contributed by atoms with van der Waals surface area (Å²) >= 11 is 1.46. The number of amides is 1. The third-order valence-corrected chi connectivity index (χ3v) is 4.36. The van der Waals surface area contributed by atoms with Crippen LogP contribution in [0.3, 0.4) is 0 Å². The Kier molecular flexibility index (Phi) is 6.28. The van der Waals surface area contributed by atoms with Gasteiger partial charge in [0.15, 0.2) is 18.1 Å². The molecule has 0 aliphatic carbocycles. The third-order valence-electron chi connectivity index (χ3n) is 3.55. The van der Waals surface area contributed by atoms with E-state index in [0.717, 1.165) is 10.4 Å². The van der Waals surface area contributed by atoms with Gasteiger partial charge in [-0.3, -0.25) is 4.79 Å². The molecule has 0 fully saturated rings. The largest absolute Gasteiger partial charge is 0.451 e. The van der Waals surface area contributed by atoms with Crippen LogP contribution in [0, 0.1) is 0 Å². The lowest BCUT2D eigenvalue weighted by Gasteiger charge is -2.11. The number of carbonyl (C=O) groups is 2. The molecule has 0 saturated heterocycles. The molecule has 8 nitrogen and oxygen atoms in total. The van der Waals surface area contributed by atoms with Crippen LogP contribution in [0.4, 0.5) is 0 Å². The molecule has 144 valence electrons. The van der Waals surface area contributed by atoms with Crippen molar-refractivity contribution in [3.05, 3.63) is 52.7 Å². The molecule has 28 heavy (non-hydrogen) atoms. The maximum Gasteiger partial charge on any atom is 0.357 e. The molecule has 0 radical (unpaired) electrons. The van der Waals surface area contributed by atoms with Crippen LogP contribution in [0.2, 0.25) is 0 Å². The van der Waals surface area contributed by atoms with Crippen molar-refractivity contribution < 1.29 is 14.3 Å². The van der Waals surface area contributed by atoms with Crippen LogP contribution in [-0.4, -0.2) is 44.7 Å². The van der Waals surface area contributed by atoms with Crippen molar-refractivity contribution >= 4 is 35.0 Å². The zero-order valence-corrected chi connectivity index (χ0v) is 16.2. The number of nitrogens with zero attached hydrogens (tertiary/aromatic N) is 4. The first-order valence-corrected chi connectivity index (χ1v) is 9.48. The topological polar surface area (TPSA) is 99.0 Å². The molecule has 3 aromatic rings. The first-order chi connectivity index (χ1) is 13.5. The molecule has 1 aromatic carbocycles. The number of rotatable bonds is 7. The number of ether oxygens (including phenoxy) is 1. The van der Waals surface area contributed by atoms with Gasteiger partial charge in [-0.1, -0.05) is 36.4 Å². The number of tetrazole rings is 1. The Hall–Kier alpha value is -3.33. The molecule has 2 aromatic heterocycles. The maximum atomic E-state index is 12.8. The zero-order chi connectivity index (χ0) is 19.9. The van der Waals surface area contributed by atoms with E-state index in [0.29, 0.717) is 5.82 Å². The molecule has 0 atom stereocenters. The van der Waals surface area contributed by atoms with Gasteiger partial charge in [0.05, 0.1) is 0 Å². The Morgan fingerprint density at radius 2 is 2.00 bits per heavy atom. The van der Waals surface area contributed by atoms with Gasteiger partial charge in [0.25, 0.3) is 5.91 Å². The summed E-state index contributed by atoms with van der Waals surface area (Å²) in [6, 6.07) is 12.9. The second kappa shape index (κ2) is 9.05. The van der Waals surface area contributed by atoms with E-state index in [-0.39, 0.29) is 24.3 Å². The number of benzene rings is 1. The van der Waals surface area contributed by atoms with Crippen LogP contribution >= 0.6 is 11.3 Å². The van der Waals surface area contributed by atoms with Gasteiger partial charge < -0.3 is 10.1 Å². The predicted molar refractivity (Wildman–Crippen MR) is 106 cm³/mol. The average Bonchev–Trinajstić information content (AvgIpc) is 3.36. The van der Waals surface area contributed by atoms with E-state index in [1.54, 1.807) is 6.08 Å². The monoisotopic (exact) mass is 397 g/mol. The van der Waals surface area contributed by atoms with E-state index in [9.17, 15) is 9.59 Å². The Balaban J connectivity index is 1.91. The van der Waals surface area contributed by atoms with Crippen LogP contribution in [-0.2, 0) is 14.3 Å². The van der Waals surface area contributed by atoms with Crippen molar-refractivity contribution in [3.8, 4) is 11.4 Å². The van der Waals surface area contributed by atoms with Crippen molar-refractivity contribution in [1.82, 2.24) is 25.5 Å². The van der Waals surface area contributed by atoms with Crippen molar-refractivity contribution in [1.29, 1.82) is 0 Å². The van der Waals surface area contributed by atoms with Gasteiger partial charge in [-0.2, -0.15) is 4.68 Å². The normalized spacial score (nSPS) is 11.5. The summed E-state index contributed by atoms with van der Waals surface area (Å²) in [5, 5.41) is 16.3. The fourth-order valence-electron chi connectivity index (χ4n) is 2.40. The molecular weight excluding hydrogens is 378 g/mol.